The number of amides is 2. The predicted molar refractivity (Wildman–Crippen MR) is 147 cm³/mol. The summed E-state index contributed by atoms with van der Waals surface area (Å²) >= 11 is 12.8. The average molecular weight is 545 g/mol. The van der Waals surface area contributed by atoms with E-state index in [2.05, 4.69) is 36.7 Å². The van der Waals surface area contributed by atoms with Crippen LogP contribution in [-0.4, -0.2) is 40.6 Å². The number of hydrogen-bond acceptors (Lipinski definition) is 4. The topological polar surface area (TPSA) is 90.5 Å². The number of carbonyl (C=O) groups is 2. The fourth-order valence-electron chi connectivity index (χ4n) is 6.81. The molecular weight excluding hydrogens is 509 g/mol. The molecule has 6 nitrogen and oxygen atoms in total. The molecule has 1 saturated heterocycles. The highest BCUT2D eigenvalue weighted by atomic mass is 35.5. The van der Waals surface area contributed by atoms with Gasteiger partial charge in [0.15, 0.2) is 0 Å². The van der Waals surface area contributed by atoms with E-state index in [1.54, 1.807) is 13.0 Å². The Morgan fingerprint density at radius 1 is 1.14 bits per heavy atom. The van der Waals surface area contributed by atoms with Crippen LogP contribution in [-0.2, 0) is 15.0 Å². The third kappa shape index (κ3) is 5.01. The Kier molecular flexibility index (Phi) is 6.63. The van der Waals surface area contributed by atoms with Crippen LogP contribution < -0.4 is 16.0 Å². The Morgan fingerprint density at radius 3 is 2.49 bits per heavy atom. The first kappa shape index (κ1) is 26.5. The third-order valence-corrected chi connectivity index (χ3v) is 8.60. The molecule has 4 atom stereocenters. The lowest BCUT2D eigenvalue weighted by Crippen LogP contribution is -2.57. The second-order valence-corrected chi connectivity index (χ2v) is 13.4. The molecule has 0 aromatic heterocycles. The van der Waals surface area contributed by atoms with Crippen LogP contribution in [0, 0.1) is 5.41 Å². The van der Waals surface area contributed by atoms with Crippen LogP contribution in [0.25, 0.3) is 0 Å². The largest absolute Gasteiger partial charge is 0.390 e. The molecule has 2 amide bonds. The molecule has 4 N–H and O–H groups in total. The van der Waals surface area contributed by atoms with Crippen LogP contribution in [0.5, 0.6) is 0 Å². The summed E-state index contributed by atoms with van der Waals surface area (Å²) in [6, 6.07) is 12.4. The molecule has 2 aliphatic heterocycles. The van der Waals surface area contributed by atoms with Gasteiger partial charge in [-0.2, -0.15) is 0 Å². The van der Waals surface area contributed by atoms with Crippen molar-refractivity contribution in [3.63, 3.8) is 0 Å². The Labute approximate surface area is 228 Å². The highest BCUT2D eigenvalue weighted by molar-refractivity contribution is 6.31. The molecule has 1 saturated carbocycles. The Bertz CT molecular complexity index is 1230. The molecule has 0 radical (unpaired) electrons. The van der Waals surface area contributed by atoms with Gasteiger partial charge in [0.2, 0.25) is 11.8 Å². The fraction of sp³-hybridized carbons (Fsp3) is 0.517. The predicted octanol–water partition coefficient (Wildman–Crippen LogP) is 5.16. The first-order chi connectivity index (χ1) is 17.3. The first-order valence-corrected chi connectivity index (χ1v) is 13.7. The normalized spacial score (nSPS) is 33.0. The van der Waals surface area contributed by atoms with Gasteiger partial charge in [-0.15, -0.1) is 0 Å². The van der Waals surface area contributed by atoms with Crippen molar-refractivity contribution < 1.29 is 14.7 Å². The van der Waals surface area contributed by atoms with E-state index in [1.165, 1.54) is 0 Å². The number of nitrogens with one attached hydrogen (secondary N) is 3. The summed E-state index contributed by atoms with van der Waals surface area (Å²) < 4.78 is 0. The standard InChI is InChI=1S/C29H35Cl2N3O3/c1-27(2,3)14-22-29(15-23(35)33-21-11-18(31)8-9-20(21)29)24(16-6-5-7-17(30)10-16)25(34-22)26(36)32-19-12-28(4,37)13-19/h5-11,19,22,24-25,34,37H,12-15H2,1-4H3,(H,32,36)(H,33,35). The van der Waals surface area contributed by atoms with Crippen molar-refractivity contribution in [2.75, 3.05) is 5.32 Å². The lowest BCUT2D eigenvalue weighted by molar-refractivity contribution is -0.127. The van der Waals surface area contributed by atoms with Gasteiger partial charge in [-0.3, -0.25) is 9.59 Å². The molecule has 2 heterocycles. The lowest BCUT2D eigenvalue weighted by atomic mass is 9.59. The zero-order chi connectivity index (χ0) is 26.8. The van der Waals surface area contributed by atoms with Crippen LogP contribution >= 0.6 is 23.2 Å². The van der Waals surface area contributed by atoms with Gasteiger partial charge in [0.25, 0.3) is 0 Å². The quantitative estimate of drug-likeness (QED) is 0.428. The number of anilines is 1. The van der Waals surface area contributed by atoms with Crippen LogP contribution in [0.1, 0.15) is 70.4 Å². The van der Waals surface area contributed by atoms with Crippen molar-refractivity contribution in [2.24, 2.45) is 5.41 Å². The maximum atomic E-state index is 13.9. The lowest BCUT2D eigenvalue weighted by Gasteiger charge is -2.46. The summed E-state index contributed by atoms with van der Waals surface area (Å²) in [5, 5.41) is 21.2. The third-order valence-electron chi connectivity index (χ3n) is 8.13. The minimum Gasteiger partial charge on any atom is -0.390 e. The van der Waals surface area contributed by atoms with E-state index < -0.39 is 17.1 Å². The van der Waals surface area contributed by atoms with Crippen molar-refractivity contribution in [3.8, 4) is 0 Å². The van der Waals surface area contributed by atoms with E-state index in [1.807, 2.05) is 36.4 Å². The van der Waals surface area contributed by atoms with Crippen molar-refractivity contribution in [1.82, 2.24) is 10.6 Å². The van der Waals surface area contributed by atoms with Crippen molar-refractivity contribution in [1.29, 1.82) is 0 Å². The zero-order valence-electron chi connectivity index (χ0n) is 21.7. The van der Waals surface area contributed by atoms with Crippen LogP contribution in [0.2, 0.25) is 10.0 Å². The number of benzene rings is 2. The monoisotopic (exact) mass is 543 g/mol. The summed E-state index contributed by atoms with van der Waals surface area (Å²) in [6.45, 7) is 8.31. The van der Waals surface area contributed by atoms with E-state index in [4.69, 9.17) is 23.2 Å². The molecule has 8 heteroatoms. The number of carbonyl (C=O) groups excluding carboxylic acids is 2. The van der Waals surface area contributed by atoms with Crippen LogP contribution in [0.4, 0.5) is 5.69 Å². The molecule has 1 spiro atoms. The molecule has 37 heavy (non-hydrogen) atoms. The Morgan fingerprint density at radius 2 is 1.84 bits per heavy atom. The summed E-state index contributed by atoms with van der Waals surface area (Å²) in [7, 11) is 0. The first-order valence-electron chi connectivity index (χ1n) is 12.9. The van der Waals surface area contributed by atoms with Gasteiger partial charge < -0.3 is 21.1 Å². The van der Waals surface area contributed by atoms with Gasteiger partial charge >= 0.3 is 0 Å². The van der Waals surface area contributed by atoms with Gasteiger partial charge in [0.05, 0.1) is 11.6 Å². The van der Waals surface area contributed by atoms with Gasteiger partial charge in [0, 0.05) is 45.6 Å². The van der Waals surface area contributed by atoms with Crippen LogP contribution in [0.3, 0.4) is 0 Å². The van der Waals surface area contributed by atoms with E-state index >= 15 is 0 Å². The summed E-state index contributed by atoms with van der Waals surface area (Å²) in [5.41, 5.74) is 1.06. The average Bonchev–Trinajstić information content (AvgIpc) is 3.04. The zero-order valence-corrected chi connectivity index (χ0v) is 23.2. The second kappa shape index (κ2) is 9.26. The van der Waals surface area contributed by atoms with Gasteiger partial charge in [-0.05, 0) is 67.0 Å². The molecule has 2 fully saturated rings. The molecule has 198 valence electrons. The molecule has 2 aromatic carbocycles. The summed E-state index contributed by atoms with van der Waals surface area (Å²) in [5.74, 6) is -0.577. The smallest absolute Gasteiger partial charge is 0.238 e. The van der Waals surface area contributed by atoms with Crippen molar-refractivity contribution >= 4 is 40.7 Å². The molecule has 5 rings (SSSR count). The van der Waals surface area contributed by atoms with Gasteiger partial charge in [-0.1, -0.05) is 62.2 Å². The second-order valence-electron chi connectivity index (χ2n) is 12.6. The number of fused-ring (bicyclic) bond motifs is 2. The maximum Gasteiger partial charge on any atom is 0.238 e. The molecule has 1 aliphatic carbocycles. The van der Waals surface area contributed by atoms with E-state index in [0.717, 1.165) is 17.5 Å². The molecule has 4 unspecified atom stereocenters. The minimum absolute atomic E-state index is 0.0674. The summed E-state index contributed by atoms with van der Waals surface area (Å²) in [6.07, 6.45) is 2.02. The number of rotatable bonds is 4. The minimum atomic E-state index is -0.747. The Balaban J connectivity index is 1.67. The van der Waals surface area contributed by atoms with Gasteiger partial charge in [-0.25, -0.2) is 0 Å². The number of aliphatic hydroxyl groups is 1. The van der Waals surface area contributed by atoms with E-state index in [-0.39, 0.29) is 41.7 Å². The van der Waals surface area contributed by atoms with Crippen molar-refractivity contribution in [3.05, 3.63) is 63.6 Å². The summed E-state index contributed by atoms with van der Waals surface area (Å²) in [4.78, 5) is 27.2. The highest BCUT2D eigenvalue weighted by Gasteiger charge is 2.61. The van der Waals surface area contributed by atoms with E-state index in [0.29, 0.717) is 28.6 Å². The SMILES string of the molecule is CC(C)(C)CC1NC(C(=O)NC2CC(C)(O)C2)C(c2cccc(Cl)c2)C12CC(=O)Nc1cc(Cl)ccc12. The maximum absolute atomic E-state index is 13.9. The Hall–Kier alpha value is -2.12. The number of halogens is 2. The van der Waals surface area contributed by atoms with Gasteiger partial charge in [0.1, 0.15) is 0 Å². The highest BCUT2D eigenvalue weighted by Crippen LogP contribution is 2.57. The number of hydrogen-bond donors (Lipinski definition) is 4. The molecule has 3 aliphatic rings. The molecule has 2 aromatic rings. The molecule has 0 bridgehead atoms. The fourth-order valence-corrected chi connectivity index (χ4v) is 7.18. The van der Waals surface area contributed by atoms with Crippen molar-refractivity contribution in [2.45, 2.75) is 88.4 Å². The van der Waals surface area contributed by atoms with E-state index in [9.17, 15) is 14.7 Å². The van der Waals surface area contributed by atoms with Crippen LogP contribution in [0.15, 0.2) is 42.5 Å². The molecular formula is C29H35Cl2N3O3.